The number of rotatable bonds is 4. The van der Waals surface area contributed by atoms with Crippen molar-refractivity contribution in [2.45, 2.75) is 18.6 Å². The van der Waals surface area contributed by atoms with Crippen LogP contribution in [0.1, 0.15) is 5.56 Å². The van der Waals surface area contributed by atoms with Gasteiger partial charge < -0.3 is 14.9 Å². The Kier molecular flexibility index (Phi) is 4.50. The SMILES string of the molecule is OC[C@H]1COC[C@H](CO)N1Cc1ccccc1. The minimum Gasteiger partial charge on any atom is -0.395 e. The van der Waals surface area contributed by atoms with Crippen LogP contribution in [0, 0.1) is 0 Å². The van der Waals surface area contributed by atoms with Crippen molar-refractivity contribution >= 4 is 0 Å². The highest BCUT2D eigenvalue weighted by molar-refractivity contribution is 5.15. The summed E-state index contributed by atoms with van der Waals surface area (Å²) >= 11 is 0. The number of benzene rings is 1. The van der Waals surface area contributed by atoms with Crippen molar-refractivity contribution < 1.29 is 14.9 Å². The van der Waals surface area contributed by atoms with E-state index in [-0.39, 0.29) is 25.3 Å². The maximum absolute atomic E-state index is 9.35. The molecule has 0 aromatic heterocycles. The lowest BCUT2D eigenvalue weighted by molar-refractivity contribution is -0.0829. The van der Waals surface area contributed by atoms with Gasteiger partial charge in [0.05, 0.1) is 38.5 Å². The lowest BCUT2D eigenvalue weighted by atomic mass is 10.1. The molecule has 2 atom stereocenters. The largest absolute Gasteiger partial charge is 0.395 e. The van der Waals surface area contributed by atoms with Crippen molar-refractivity contribution in [1.29, 1.82) is 0 Å². The van der Waals surface area contributed by atoms with Gasteiger partial charge in [-0.1, -0.05) is 30.3 Å². The molecule has 94 valence electrons. The summed E-state index contributed by atoms with van der Waals surface area (Å²) in [7, 11) is 0. The molecule has 0 saturated carbocycles. The van der Waals surface area contributed by atoms with E-state index in [1.54, 1.807) is 0 Å². The molecule has 2 N–H and O–H groups in total. The number of hydrogen-bond donors (Lipinski definition) is 2. The van der Waals surface area contributed by atoms with Crippen LogP contribution in [0.5, 0.6) is 0 Å². The van der Waals surface area contributed by atoms with Crippen molar-refractivity contribution in [1.82, 2.24) is 4.90 Å². The van der Waals surface area contributed by atoms with Gasteiger partial charge in [0.2, 0.25) is 0 Å². The van der Waals surface area contributed by atoms with Crippen LogP contribution in [-0.2, 0) is 11.3 Å². The number of aliphatic hydroxyl groups excluding tert-OH is 2. The molecule has 1 saturated heterocycles. The van der Waals surface area contributed by atoms with E-state index < -0.39 is 0 Å². The number of aliphatic hydroxyl groups is 2. The summed E-state index contributed by atoms with van der Waals surface area (Å²) in [6.45, 7) is 1.91. The summed E-state index contributed by atoms with van der Waals surface area (Å²) in [5.41, 5.74) is 1.19. The Morgan fingerprint density at radius 1 is 1.06 bits per heavy atom. The fourth-order valence-electron chi connectivity index (χ4n) is 2.20. The number of ether oxygens (including phenoxy) is 1. The lowest BCUT2D eigenvalue weighted by Crippen LogP contribution is -2.54. The third-order valence-electron chi connectivity index (χ3n) is 3.19. The van der Waals surface area contributed by atoms with Crippen LogP contribution >= 0.6 is 0 Å². The molecule has 1 aliphatic rings. The fourth-order valence-corrected chi connectivity index (χ4v) is 2.20. The third kappa shape index (κ3) is 3.04. The van der Waals surface area contributed by atoms with Gasteiger partial charge in [-0.25, -0.2) is 0 Å². The standard InChI is InChI=1S/C13H19NO3/c15-7-12-9-17-10-13(8-16)14(12)6-11-4-2-1-3-5-11/h1-5,12-13,15-16H,6-10H2/t12-,13-/m0/s1. The molecule has 0 radical (unpaired) electrons. The fraction of sp³-hybridized carbons (Fsp3) is 0.538. The zero-order valence-corrected chi connectivity index (χ0v) is 9.83. The Morgan fingerprint density at radius 3 is 2.18 bits per heavy atom. The average molecular weight is 237 g/mol. The average Bonchev–Trinajstić information content (AvgIpc) is 2.40. The van der Waals surface area contributed by atoms with E-state index in [1.165, 1.54) is 5.56 Å². The van der Waals surface area contributed by atoms with Crippen LogP contribution < -0.4 is 0 Å². The van der Waals surface area contributed by atoms with Crippen molar-refractivity contribution in [2.24, 2.45) is 0 Å². The van der Waals surface area contributed by atoms with Gasteiger partial charge in [-0.05, 0) is 5.56 Å². The Balaban J connectivity index is 2.08. The minimum absolute atomic E-state index is 0.0268. The smallest absolute Gasteiger partial charge is 0.0645 e. The van der Waals surface area contributed by atoms with Crippen LogP contribution in [0.25, 0.3) is 0 Å². The maximum atomic E-state index is 9.35. The quantitative estimate of drug-likeness (QED) is 0.787. The van der Waals surface area contributed by atoms with Crippen molar-refractivity contribution in [3.63, 3.8) is 0 Å². The molecule has 0 aliphatic carbocycles. The van der Waals surface area contributed by atoms with E-state index >= 15 is 0 Å². The van der Waals surface area contributed by atoms with Gasteiger partial charge in [-0.3, -0.25) is 4.90 Å². The molecule has 1 aromatic rings. The van der Waals surface area contributed by atoms with Gasteiger partial charge in [-0.2, -0.15) is 0 Å². The van der Waals surface area contributed by atoms with E-state index in [1.807, 2.05) is 18.2 Å². The van der Waals surface area contributed by atoms with Crippen molar-refractivity contribution in [2.75, 3.05) is 26.4 Å². The molecule has 1 fully saturated rings. The van der Waals surface area contributed by atoms with Gasteiger partial charge in [-0.15, -0.1) is 0 Å². The van der Waals surface area contributed by atoms with E-state index in [4.69, 9.17) is 4.74 Å². The zero-order chi connectivity index (χ0) is 12.1. The number of hydrogen-bond acceptors (Lipinski definition) is 4. The first-order valence-corrected chi connectivity index (χ1v) is 5.94. The van der Waals surface area contributed by atoms with Gasteiger partial charge in [0.15, 0.2) is 0 Å². The van der Waals surface area contributed by atoms with Crippen molar-refractivity contribution in [3.8, 4) is 0 Å². The monoisotopic (exact) mass is 237 g/mol. The predicted molar refractivity (Wildman–Crippen MR) is 64.6 cm³/mol. The van der Waals surface area contributed by atoms with Gasteiger partial charge in [0.25, 0.3) is 0 Å². The van der Waals surface area contributed by atoms with Gasteiger partial charge in [0, 0.05) is 6.54 Å². The summed E-state index contributed by atoms with van der Waals surface area (Å²) in [6.07, 6.45) is 0. The van der Waals surface area contributed by atoms with E-state index in [9.17, 15) is 10.2 Å². The summed E-state index contributed by atoms with van der Waals surface area (Å²) in [6, 6.07) is 10.0. The molecule has 1 heterocycles. The maximum Gasteiger partial charge on any atom is 0.0645 e. The molecule has 4 heteroatoms. The Hall–Kier alpha value is -0.940. The predicted octanol–water partition coefficient (Wildman–Crippen LogP) is 0.241. The first kappa shape index (κ1) is 12.5. The second-order valence-corrected chi connectivity index (χ2v) is 4.37. The first-order valence-electron chi connectivity index (χ1n) is 5.94. The van der Waals surface area contributed by atoms with E-state index in [2.05, 4.69) is 17.0 Å². The molecule has 2 rings (SSSR count). The molecular formula is C13H19NO3. The second kappa shape index (κ2) is 6.12. The molecule has 0 spiro atoms. The van der Waals surface area contributed by atoms with E-state index in [0.29, 0.717) is 13.2 Å². The van der Waals surface area contributed by atoms with Gasteiger partial charge >= 0.3 is 0 Å². The van der Waals surface area contributed by atoms with Crippen LogP contribution in [-0.4, -0.2) is 53.6 Å². The molecule has 0 amide bonds. The molecule has 0 bridgehead atoms. The minimum atomic E-state index is -0.0268. The highest BCUT2D eigenvalue weighted by atomic mass is 16.5. The molecule has 1 aromatic carbocycles. The molecule has 0 unspecified atom stereocenters. The number of morpholine rings is 1. The summed E-state index contributed by atoms with van der Waals surface area (Å²) in [4.78, 5) is 2.12. The highest BCUT2D eigenvalue weighted by Crippen LogP contribution is 2.17. The zero-order valence-electron chi connectivity index (χ0n) is 9.83. The molecule has 4 nitrogen and oxygen atoms in total. The molecule has 17 heavy (non-hydrogen) atoms. The Bertz CT molecular complexity index is 319. The third-order valence-corrected chi connectivity index (χ3v) is 3.19. The van der Waals surface area contributed by atoms with Gasteiger partial charge in [0.1, 0.15) is 0 Å². The number of nitrogens with zero attached hydrogens (tertiary/aromatic N) is 1. The molecule has 1 aliphatic heterocycles. The van der Waals surface area contributed by atoms with Crippen LogP contribution in [0.15, 0.2) is 30.3 Å². The second-order valence-electron chi connectivity index (χ2n) is 4.37. The van der Waals surface area contributed by atoms with Crippen LogP contribution in [0.4, 0.5) is 0 Å². The summed E-state index contributed by atoms with van der Waals surface area (Å²) in [5, 5.41) is 18.7. The summed E-state index contributed by atoms with van der Waals surface area (Å²) in [5.74, 6) is 0. The Labute approximate surface area is 101 Å². The van der Waals surface area contributed by atoms with E-state index in [0.717, 1.165) is 6.54 Å². The topological polar surface area (TPSA) is 52.9 Å². The Morgan fingerprint density at radius 2 is 1.65 bits per heavy atom. The highest BCUT2D eigenvalue weighted by Gasteiger charge is 2.30. The van der Waals surface area contributed by atoms with Crippen molar-refractivity contribution in [3.05, 3.63) is 35.9 Å². The molecular weight excluding hydrogens is 218 g/mol. The normalized spacial score (nSPS) is 26.0. The van der Waals surface area contributed by atoms with Crippen LogP contribution in [0.3, 0.4) is 0 Å². The first-order chi connectivity index (χ1) is 8.35. The van der Waals surface area contributed by atoms with Crippen LogP contribution in [0.2, 0.25) is 0 Å². The lowest BCUT2D eigenvalue weighted by Gasteiger charge is -2.40. The summed E-state index contributed by atoms with van der Waals surface area (Å²) < 4.78 is 5.38.